The number of carbonyl (C=O) groups excluding carboxylic acids is 1. The molecule has 1 heterocycles. The summed E-state index contributed by atoms with van der Waals surface area (Å²) in [6.07, 6.45) is 3.59. The first-order chi connectivity index (χ1) is 10.1. The maximum atomic E-state index is 12.6. The molecule has 0 radical (unpaired) electrons. The topological polar surface area (TPSA) is 66.5 Å². The van der Waals surface area contributed by atoms with Gasteiger partial charge in [-0.25, -0.2) is 8.42 Å². The van der Waals surface area contributed by atoms with Crippen LogP contribution in [0.5, 0.6) is 0 Å². The lowest BCUT2D eigenvalue weighted by atomic mass is 9.99. The van der Waals surface area contributed by atoms with Gasteiger partial charge >= 0.3 is 0 Å². The summed E-state index contributed by atoms with van der Waals surface area (Å²) in [6.45, 7) is 0.778. The van der Waals surface area contributed by atoms with Crippen LogP contribution >= 0.6 is 0 Å². The van der Waals surface area contributed by atoms with E-state index in [1.807, 2.05) is 0 Å². The van der Waals surface area contributed by atoms with Crippen molar-refractivity contribution in [3.8, 4) is 0 Å². The minimum atomic E-state index is -3.49. The number of hydrogen-bond donors (Lipinski definition) is 1. The Hall–Kier alpha value is -1.40. The minimum Gasteiger partial charge on any atom is -0.353 e. The van der Waals surface area contributed by atoms with Gasteiger partial charge in [-0.3, -0.25) is 4.79 Å². The Bertz CT molecular complexity index is 611. The van der Waals surface area contributed by atoms with Gasteiger partial charge in [0, 0.05) is 19.1 Å². The molecule has 1 aliphatic carbocycles. The molecule has 1 saturated carbocycles. The van der Waals surface area contributed by atoms with Crippen LogP contribution in [0.15, 0.2) is 35.2 Å². The second kappa shape index (κ2) is 5.77. The number of sulfonamides is 1. The zero-order valence-electron chi connectivity index (χ0n) is 11.9. The van der Waals surface area contributed by atoms with Crippen molar-refractivity contribution < 1.29 is 13.2 Å². The number of benzene rings is 1. The van der Waals surface area contributed by atoms with Gasteiger partial charge in [0.05, 0.1) is 10.8 Å². The molecule has 1 aromatic rings. The smallest absolute Gasteiger partial charge is 0.243 e. The molecule has 0 bridgehead atoms. The number of hydrogen-bond acceptors (Lipinski definition) is 3. The van der Waals surface area contributed by atoms with Crippen LogP contribution in [0.3, 0.4) is 0 Å². The molecule has 6 heteroatoms. The van der Waals surface area contributed by atoms with Gasteiger partial charge in [0.1, 0.15) is 0 Å². The van der Waals surface area contributed by atoms with Gasteiger partial charge in [-0.15, -0.1) is 0 Å². The lowest BCUT2D eigenvalue weighted by Gasteiger charge is -2.31. The van der Waals surface area contributed by atoms with Crippen molar-refractivity contribution in [2.24, 2.45) is 5.92 Å². The zero-order chi connectivity index (χ0) is 14.9. The van der Waals surface area contributed by atoms with Crippen molar-refractivity contribution in [1.82, 2.24) is 9.62 Å². The van der Waals surface area contributed by atoms with Crippen LogP contribution in [-0.2, 0) is 14.8 Å². The highest BCUT2D eigenvalue weighted by Crippen LogP contribution is 2.25. The lowest BCUT2D eigenvalue weighted by Crippen LogP contribution is -2.45. The monoisotopic (exact) mass is 308 g/mol. The van der Waals surface area contributed by atoms with Crippen LogP contribution in [0, 0.1) is 5.92 Å². The fraction of sp³-hybridized carbons (Fsp3) is 0.533. The Labute approximate surface area is 125 Å². The average molecular weight is 308 g/mol. The van der Waals surface area contributed by atoms with Crippen molar-refractivity contribution in [2.75, 3.05) is 13.1 Å². The standard InChI is InChI=1S/C15H20N2O3S/c18-15(16-13-8-9-13)12-5-4-10-17(11-12)21(19,20)14-6-2-1-3-7-14/h1-3,6-7,12-13H,4-5,8-11H2,(H,16,18). The van der Waals surface area contributed by atoms with E-state index in [-0.39, 0.29) is 18.4 Å². The summed E-state index contributed by atoms with van der Waals surface area (Å²) in [4.78, 5) is 12.4. The molecule has 2 aliphatic rings. The Balaban J connectivity index is 1.71. The fourth-order valence-electron chi connectivity index (χ4n) is 2.66. The number of rotatable bonds is 4. The van der Waals surface area contributed by atoms with E-state index in [2.05, 4.69) is 5.32 Å². The molecule has 114 valence electrons. The number of amides is 1. The van der Waals surface area contributed by atoms with E-state index < -0.39 is 10.0 Å². The number of nitrogens with one attached hydrogen (secondary N) is 1. The van der Waals surface area contributed by atoms with Crippen molar-refractivity contribution >= 4 is 15.9 Å². The maximum absolute atomic E-state index is 12.6. The first-order valence-electron chi connectivity index (χ1n) is 7.43. The van der Waals surface area contributed by atoms with E-state index in [0.29, 0.717) is 17.5 Å². The van der Waals surface area contributed by atoms with E-state index >= 15 is 0 Å². The van der Waals surface area contributed by atoms with Crippen LogP contribution in [-0.4, -0.2) is 37.8 Å². The van der Waals surface area contributed by atoms with E-state index in [0.717, 1.165) is 25.7 Å². The molecule has 1 amide bonds. The highest BCUT2D eigenvalue weighted by Gasteiger charge is 2.35. The van der Waals surface area contributed by atoms with Crippen LogP contribution < -0.4 is 5.32 Å². The lowest BCUT2D eigenvalue weighted by molar-refractivity contribution is -0.126. The normalized spacial score (nSPS) is 23.7. The van der Waals surface area contributed by atoms with Gasteiger partial charge in [-0.1, -0.05) is 18.2 Å². The fourth-order valence-corrected chi connectivity index (χ4v) is 4.21. The van der Waals surface area contributed by atoms with Gasteiger partial charge in [-0.05, 0) is 37.8 Å². The molecule has 1 aliphatic heterocycles. The Morgan fingerprint density at radius 1 is 1.14 bits per heavy atom. The third kappa shape index (κ3) is 3.27. The van der Waals surface area contributed by atoms with Gasteiger partial charge in [0.25, 0.3) is 0 Å². The van der Waals surface area contributed by atoms with Crippen LogP contribution in [0.25, 0.3) is 0 Å². The molecule has 5 nitrogen and oxygen atoms in total. The number of nitrogens with zero attached hydrogens (tertiary/aromatic N) is 1. The summed E-state index contributed by atoms with van der Waals surface area (Å²) in [5, 5.41) is 2.97. The summed E-state index contributed by atoms with van der Waals surface area (Å²) < 4.78 is 26.6. The molecular formula is C15H20N2O3S. The van der Waals surface area contributed by atoms with E-state index in [9.17, 15) is 13.2 Å². The highest BCUT2D eigenvalue weighted by molar-refractivity contribution is 7.89. The van der Waals surface area contributed by atoms with Crippen LogP contribution in [0.1, 0.15) is 25.7 Å². The summed E-state index contributed by atoms with van der Waals surface area (Å²) in [7, 11) is -3.49. The van der Waals surface area contributed by atoms with Gasteiger partial charge in [0.2, 0.25) is 15.9 Å². The van der Waals surface area contributed by atoms with E-state index in [1.54, 1.807) is 30.3 Å². The summed E-state index contributed by atoms with van der Waals surface area (Å²) in [5.41, 5.74) is 0. The second-order valence-electron chi connectivity index (χ2n) is 5.80. The number of piperidine rings is 1. The Morgan fingerprint density at radius 2 is 1.86 bits per heavy atom. The quantitative estimate of drug-likeness (QED) is 0.913. The number of carbonyl (C=O) groups is 1. The average Bonchev–Trinajstić information content (AvgIpc) is 3.32. The zero-order valence-corrected chi connectivity index (χ0v) is 12.7. The first-order valence-corrected chi connectivity index (χ1v) is 8.87. The van der Waals surface area contributed by atoms with Gasteiger partial charge in [-0.2, -0.15) is 4.31 Å². The molecule has 1 N–H and O–H groups in total. The molecule has 21 heavy (non-hydrogen) atoms. The van der Waals surface area contributed by atoms with Crippen LogP contribution in [0.4, 0.5) is 0 Å². The van der Waals surface area contributed by atoms with Crippen molar-refractivity contribution in [1.29, 1.82) is 0 Å². The predicted molar refractivity (Wildman–Crippen MR) is 79.1 cm³/mol. The molecule has 2 fully saturated rings. The summed E-state index contributed by atoms with van der Waals surface area (Å²) in [5.74, 6) is -0.219. The highest BCUT2D eigenvalue weighted by atomic mass is 32.2. The third-order valence-electron chi connectivity index (χ3n) is 4.06. The molecule has 1 saturated heterocycles. The van der Waals surface area contributed by atoms with Gasteiger partial charge in [0.15, 0.2) is 0 Å². The second-order valence-corrected chi connectivity index (χ2v) is 7.74. The molecule has 0 spiro atoms. The van der Waals surface area contributed by atoms with Crippen molar-refractivity contribution in [3.05, 3.63) is 30.3 Å². The molecule has 3 rings (SSSR count). The first kappa shape index (κ1) is 14.5. The Morgan fingerprint density at radius 3 is 2.52 bits per heavy atom. The van der Waals surface area contributed by atoms with E-state index in [4.69, 9.17) is 0 Å². The predicted octanol–water partition coefficient (Wildman–Crippen LogP) is 1.37. The van der Waals surface area contributed by atoms with Crippen molar-refractivity contribution in [2.45, 2.75) is 36.6 Å². The van der Waals surface area contributed by atoms with E-state index in [1.165, 1.54) is 4.31 Å². The summed E-state index contributed by atoms with van der Waals surface area (Å²) in [6, 6.07) is 8.74. The van der Waals surface area contributed by atoms with Crippen LogP contribution in [0.2, 0.25) is 0 Å². The molecule has 1 atom stereocenters. The molecular weight excluding hydrogens is 288 g/mol. The molecule has 0 aromatic heterocycles. The van der Waals surface area contributed by atoms with Crippen molar-refractivity contribution in [3.63, 3.8) is 0 Å². The SMILES string of the molecule is O=C(NC1CC1)C1CCCN(S(=O)(=O)c2ccccc2)C1. The summed E-state index contributed by atoms with van der Waals surface area (Å²) >= 11 is 0. The minimum absolute atomic E-state index is 0.00506. The maximum Gasteiger partial charge on any atom is 0.243 e. The molecule has 1 aromatic carbocycles. The third-order valence-corrected chi connectivity index (χ3v) is 5.94. The van der Waals surface area contributed by atoms with Gasteiger partial charge < -0.3 is 5.32 Å². The largest absolute Gasteiger partial charge is 0.353 e. The Kier molecular flexibility index (Phi) is 3.99. The molecule has 1 unspecified atom stereocenters.